The molecule has 3 aliphatic rings. The Balaban J connectivity index is 1.18. The number of hydrogen-bond donors (Lipinski definition) is 3. The molecule has 1 aromatic heterocycles. The smallest absolute Gasteiger partial charge is 0.463 e. The number of hydrogen-bond acceptors (Lipinski definition) is 19. The number of fused-ring (bicyclic) bond motifs is 3. The summed E-state index contributed by atoms with van der Waals surface area (Å²) < 4.78 is 42.2. The summed E-state index contributed by atoms with van der Waals surface area (Å²) in [6.45, 7) is 7.95. The van der Waals surface area contributed by atoms with Crippen LogP contribution in [0.15, 0.2) is 161 Å². The van der Waals surface area contributed by atoms with Gasteiger partial charge >= 0.3 is 30.0 Å². The number of ether oxygens (including phenoxy) is 7. The van der Waals surface area contributed by atoms with Gasteiger partial charge in [-0.3, -0.25) is 19.2 Å². The number of aliphatic hydroxyl groups excluding tert-OH is 1. The Labute approximate surface area is 477 Å². The first kappa shape index (κ1) is 59.8. The summed E-state index contributed by atoms with van der Waals surface area (Å²) in [6.07, 6.45) is -9.98. The monoisotopic (exact) mass is 1140 g/mol. The summed E-state index contributed by atoms with van der Waals surface area (Å²) in [6, 6.07) is 35.9. The van der Waals surface area contributed by atoms with E-state index in [-0.39, 0.29) is 54.9 Å². The maximum atomic E-state index is 16.2. The average molecular weight is 1150 g/mol. The summed E-state index contributed by atoms with van der Waals surface area (Å²) >= 11 is 0. The van der Waals surface area contributed by atoms with E-state index in [4.69, 9.17) is 33.2 Å². The van der Waals surface area contributed by atoms with Crippen molar-refractivity contribution in [3.05, 3.63) is 173 Å². The van der Waals surface area contributed by atoms with Gasteiger partial charge in [0.2, 0.25) is 0 Å². The number of nitrogens with zero attached hydrogens (tertiary/aromatic N) is 1. The minimum absolute atomic E-state index is 0.0118. The number of benzene rings is 4. The van der Waals surface area contributed by atoms with Gasteiger partial charge in [0.25, 0.3) is 5.91 Å². The Bertz CT molecular complexity index is 3090. The van der Waals surface area contributed by atoms with Crippen LogP contribution in [-0.2, 0) is 58.9 Å². The minimum Gasteiger partial charge on any atom is -0.463 e. The molecule has 4 aromatic carbocycles. The highest BCUT2D eigenvalue weighted by Crippen LogP contribution is 2.61. The highest BCUT2D eigenvalue weighted by atomic mass is 33.1. The van der Waals surface area contributed by atoms with Gasteiger partial charge in [0.15, 0.2) is 18.0 Å². The number of pyridine rings is 1. The van der Waals surface area contributed by atoms with Crippen LogP contribution in [0.1, 0.15) is 98.7 Å². The van der Waals surface area contributed by atoms with E-state index in [1.807, 2.05) is 30.3 Å². The summed E-state index contributed by atoms with van der Waals surface area (Å²) in [5.41, 5.74) is -4.63. The van der Waals surface area contributed by atoms with Crippen LogP contribution in [0.2, 0.25) is 0 Å². The van der Waals surface area contributed by atoms with Crippen molar-refractivity contribution >= 4 is 63.3 Å². The number of nitrogens with one attached hydrogen (secondary N) is 1. The van der Waals surface area contributed by atoms with Crippen LogP contribution >= 0.6 is 21.6 Å². The molecule has 2 saturated carbocycles. The third kappa shape index (κ3) is 13.5. The van der Waals surface area contributed by atoms with Gasteiger partial charge < -0.3 is 48.7 Å². The predicted octanol–water partition coefficient (Wildman–Crippen LogP) is 8.93. The van der Waals surface area contributed by atoms with Crippen LogP contribution < -0.4 is 5.32 Å². The molecule has 5 aromatic rings. The van der Waals surface area contributed by atoms with Crippen LogP contribution in [-0.4, -0.2) is 112 Å². The van der Waals surface area contributed by atoms with Crippen molar-refractivity contribution in [2.45, 2.75) is 126 Å². The lowest BCUT2D eigenvalue weighted by molar-refractivity contribution is -0.233. The zero-order chi connectivity index (χ0) is 58.1. The number of esters is 4. The zero-order valence-corrected chi connectivity index (χ0v) is 47.1. The van der Waals surface area contributed by atoms with Crippen LogP contribution in [0, 0.1) is 16.7 Å². The number of ketones is 1. The molecule has 81 heavy (non-hydrogen) atoms. The van der Waals surface area contributed by atoms with E-state index in [9.17, 15) is 39.0 Å². The molecule has 3 N–H and O–H groups in total. The molecule has 0 unspecified atom stereocenters. The highest BCUT2D eigenvalue weighted by molar-refractivity contribution is 8.76. The van der Waals surface area contributed by atoms with E-state index in [1.165, 1.54) is 54.5 Å². The van der Waals surface area contributed by atoms with E-state index >= 15 is 4.79 Å². The number of rotatable bonds is 19. The molecule has 0 aliphatic heterocycles. The first-order valence-corrected chi connectivity index (χ1v) is 28.5. The molecule has 426 valence electrons. The van der Waals surface area contributed by atoms with Gasteiger partial charge in [-0.1, -0.05) is 110 Å². The molecule has 2 bridgehead atoms. The van der Waals surface area contributed by atoms with Crippen molar-refractivity contribution in [1.82, 2.24) is 10.3 Å². The maximum Gasteiger partial charge on any atom is 0.508 e. The second-order valence-corrected chi connectivity index (χ2v) is 23.0. The Kier molecular flexibility index (Phi) is 19.2. The molecule has 10 atom stereocenters. The number of carbonyl (C=O) groups is 7. The summed E-state index contributed by atoms with van der Waals surface area (Å²) in [5, 5.41) is 29.5. The normalized spacial score (nSPS) is 24.6. The number of Topliss-reactive ketones (excluding diaryl/α,β-unsaturated/α-hetero) is 1. The lowest BCUT2D eigenvalue weighted by Crippen LogP contribution is -2.72. The third-order valence-corrected chi connectivity index (χ3v) is 17.7. The number of aliphatic hydroxyl groups is 2. The van der Waals surface area contributed by atoms with Crippen LogP contribution in [0.3, 0.4) is 0 Å². The highest BCUT2D eigenvalue weighted by Gasteiger charge is 2.71. The fourth-order valence-corrected chi connectivity index (χ4v) is 12.9. The fourth-order valence-electron chi connectivity index (χ4n) is 11.1. The van der Waals surface area contributed by atoms with Crippen LogP contribution in [0.4, 0.5) is 4.79 Å². The number of carbonyl (C=O) groups excluding carboxylic acids is 7. The molecule has 3 aliphatic carbocycles. The number of aromatic nitrogens is 1. The fraction of sp³-hybridized carbons (Fsp3) is 0.377. The quantitative estimate of drug-likeness (QED) is 0.0229. The van der Waals surface area contributed by atoms with Gasteiger partial charge in [-0.25, -0.2) is 19.4 Å². The maximum absolute atomic E-state index is 16.2. The first-order valence-electron chi connectivity index (χ1n) is 26.3. The Morgan fingerprint density at radius 2 is 1.37 bits per heavy atom. The Morgan fingerprint density at radius 1 is 0.728 bits per heavy atom. The van der Waals surface area contributed by atoms with E-state index in [2.05, 4.69) is 10.3 Å². The lowest BCUT2D eigenvalue weighted by Gasteiger charge is -2.61. The largest absolute Gasteiger partial charge is 0.508 e. The molecule has 1 heterocycles. The molecular weight excluding hydrogens is 1080 g/mol. The molecule has 0 radical (unpaired) electrons. The SMILES string of the molecule is CC(=O)OCCO[C@@H]1C[C@H](OC(=O)OCc2ccc(SSc3ccccn3)cc2)[C@@]2(C)C(=O)[C@H](OC(C)=O)C3=C(C)[C@@H](OC(=O)[C@H](O)[C@@H](NC(=O)c4ccccc4)c4ccccc4)C[C@@](O)([C@@H](OC(=O)c4ccccc4)[C@@H]2C1)C3(C)C. The second-order valence-electron chi connectivity index (χ2n) is 20.8. The predicted molar refractivity (Wildman–Crippen MR) is 296 cm³/mol. The van der Waals surface area contributed by atoms with Gasteiger partial charge in [0, 0.05) is 54.7 Å². The average Bonchev–Trinajstić information content (AvgIpc) is 2.93. The zero-order valence-electron chi connectivity index (χ0n) is 45.5. The van der Waals surface area contributed by atoms with E-state index in [1.54, 1.807) is 111 Å². The standard InChI is InChI=1S/C61H64N2O16S2/c1-36-46(77-57(70)51(66)50(40-18-10-7-11-19-40)63-55(68)41-20-12-8-13-21-41)34-61(72)54(79-56(69)42-22-14-9-15-23-42)45-32-43(74-31-30-73-37(2)64)33-47(60(45,6)53(67)52(76-38(3)65)49(36)59(61,4)5)78-58(71)75-35-39-25-27-44(28-26-39)80-81-48-24-16-17-29-62-48/h7-29,43,45-47,50-52,54,66,72H,30-35H2,1-6H3,(H,63,68)/t43-,45-,46-,47-,50-,51+,52+,54-,60-,61+/m0/s1. The van der Waals surface area contributed by atoms with Crippen LogP contribution in [0.25, 0.3) is 0 Å². The van der Waals surface area contributed by atoms with Gasteiger partial charge in [0.05, 0.1) is 29.7 Å². The molecular formula is C61H64N2O16S2. The number of amides is 1. The van der Waals surface area contributed by atoms with Crippen molar-refractivity contribution in [3.63, 3.8) is 0 Å². The summed E-state index contributed by atoms with van der Waals surface area (Å²) in [7, 11) is 2.97. The van der Waals surface area contributed by atoms with Crippen molar-refractivity contribution in [1.29, 1.82) is 0 Å². The summed E-state index contributed by atoms with van der Waals surface area (Å²) in [4.78, 5) is 104. The third-order valence-electron chi connectivity index (χ3n) is 15.4. The van der Waals surface area contributed by atoms with Gasteiger partial charge in [-0.15, -0.1) is 0 Å². The summed E-state index contributed by atoms with van der Waals surface area (Å²) in [5.74, 6) is -6.41. The van der Waals surface area contributed by atoms with Gasteiger partial charge in [0.1, 0.15) is 42.2 Å². The van der Waals surface area contributed by atoms with E-state index < -0.39 is 113 Å². The Hall–Kier alpha value is -7.36. The lowest BCUT2D eigenvalue weighted by atomic mass is 9.48. The Morgan fingerprint density at radius 3 is 2.00 bits per heavy atom. The van der Waals surface area contributed by atoms with Crippen LogP contribution in [0.5, 0.6) is 0 Å². The topological polar surface area (TPSA) is 249 Å². The molecule has 20 heteroatoms. The molecule has 1 amide bonds. The van der Waals surface area contributed by atoms with Crippen molar-refractivity contribution in [2.75, 3.05) is 13.2 Å². The molecule has 2 fully saturated rings. The van der Waals surface area contributed by atoms with Gasteiger partial charge in [-0.05, 0) is 102 Å². The first-order chi connectivity index (χ1) is 38.7. The van der Waals surface area contributed by atoms with E-state index in [0.29, 0.717) is 11.1 Å². The van der Waals surface area contributed by atoms with Crippen molar-refractivity contribution in [2.24, 2.45) is 16.7 Å². The molecule has 0 spiro atoms. The molecule has 0 saturated heterocycles. The van der Waals surface area contributed by atoms with Gasteiger partial charge in [-0.2, -0.15) is 0 Å². The minimum atomic E-state index is -2.38. The van der Waals surface area contributed by atoms with Crippen molar-refractivity contribution in [3.8, 4) is 0 Å². The second kappa shape index (κ2) is 26.0. The molecule has 18 nitrogen and oxygen atoms in total. The van der Waals surface area contributed by atoms with E-state index in [0.717, 1.165) is 16.8 Å². The molecule has 8 rings (SSSR count). The van der Waals surface area contributed by atoms with Crippen molar-refractivity contribution < 1.29 is 76.9 Å².